The number of hydrogen-bond donors (Lipinski definition) is 5. The molecule has 318 valence electrons. The third kappa shape index (κ3) is 9.13. The number of fused-ring (bicyclic) bond motifs is 3. The molecule has 1 aromatic heterocycles. The van der Waals surface area contributed by atoms with Crippen LogP contribution in [0, 0.1) is 0 Å². The van der Waals surface area contributed by atoms with E-state index in [0.717, 1.165) is 64.5 Å². The van der Waals surface area contributed by atoms with Crippen LogP contribution in [0.15, 0.2) is 182 Å². The summed E-state index contributed by atoms with van der Waals surface area (Å²) in [5, 5.41) is 20.4. The molecule has 0 saturated carbocycles. The summed E-state index contributed by atoms with van der Waals surface area (Å²) in [5.74, 6) is 0. The summed E-state index contributed by atoms with van der Waals surface area (Å²) in [4.78, 5) is 0. The highest BCUT2D eigenvalue weighted by molar-refractivity contribution is 5.93. The number of aromatic nitrogens is 1. The Morgan fingerprint density at radius 1 is 0.603 bits per heavy atom. The first-order valence-corrected chi connectivity index (χ1v) is 22.7. The molecule has 1 aliphatic carbocycles. The maximum Gasteiger partial charge on any atom is 0.119 e. The molecule has 6 aromatic carbocycles. The molecule has 6 nitrogen and oxygen atoms in total. The predicted octanol–water partition coefficient (Wildman–Crippen LogP) is 12.5. The SMILES string of the molecule is CC.CC.CNCC1NC(c2ccc(C3=CC(c4ccccc4)=CC(c4ccccc4)N3)cc2)=C(c2ccc(-n3c4c(c5ccccc53)CCC=C4)cc2)NC1Nc1ccccc1. The molecular formula is C57H60N6. The average molecular weight is 829 g/mol. The van der Waals surface area contributed by atoms with Crippen molar-refractivity contribution >= 4 is 45.3 Å². The average Bonchev–Trinajstić information content (AvgIpc) is 3.71. The van der Waals surface area contributed by atoms with Gasteiger partial charge in [-0.05, 0) is 107 Å². The summed E-state index contributed by atoms with van der Waals surface area (Å²) in [5.41, 5.74) is 16.4. The van der Waals surface area contributed by atoms with Crippen molar-refractivity contribution in [1.29, 1.82) is 0 Å². The molecule has 0 fully saturated rings. The van der Waals surface area contributed by atoms with E-state index in [9.17, 15) is 0 Å². The van der Waals surface area contributed by atoms with E-state index in [-0.39, 0.29) is 18.2 Å². The van der Waals surface area contributed by atoms with Gasteiger partial charge in [0.15, 0.2) is 0 Å². The fourth-order valence-electron chi connectivity index (χ4n) is 8.87. The highest BCUT2D eigenvalue weighted by Crippen LogP contribution is 2.36. The Kier molecular flexibility index (Phi) is 13.7. The number of likely N-dealkylation sites (N-methyl/N-ethyl adjacent to an activating group) is 1. The minimum atomic E-state index is -0.0807. The summed E-state index contributed by atoms with van der Waals surface area (Å²) in [6.07, 6.45) is 11.3. The van der Waals surface area contributed by atoms with Crippen molar-refractivity contribution in [3.8, 4) is 5.69 Å². The Morgan fingerprint density at radius 3 is 1.90 bits per heavy atom. The Labute approximate surface area is 374 Å². The van der Waals surface area contributed by atoms with Crippen molar-refractivity contribution in [2.45, 2.75) is 58.8 Å². The zero-order valence-corrected chi connectivity index (χ0v) is 37.2. The van der Waals surface area contributed by atoms with E-state index in [4.69, 9.17) is 0 Å². The molecule has 0 amide bonds. The first-order valence-electron chi connectivity index (χ1n) is 22.7. The van der Waals surface area contributed by atoms with Gasteiger partial charge < -0.3 is 31.2 Å². The lowest BCUT2D eigenvalue weighted by Crippen LogP contribution is -2.58. The largest absolute Gasteiger partial charge is 0.375 e. The van der Waals surface area contributed by atoms with Gasteiger partial charge in [-0.15, -0.1) is 0 Å². The number of nitrogens with one attached hydrogen (secondary N) is 5. The number of hydrogen-bond acceptors (Lipinski definition) is 5. The second kappa shape index (κ2) is 20.2. The molecule has 5 N–H and O–H groups in total. The lowest BCUT2D eigenvalue weighted by Gasteiger charge is -2.39. The number of aryl methyl sites for hydroxylation is 1. The Bertz CT molecular complexity index is 2710. The van der Waals surface area contributed by atoms with Gasteiger partial charge >= 0.3 is 0 Å². The van der Waals surface area contributed by atoms with Crippen molar-refractivity contribution < 1.29 is 0 Å². The molecule has 10 rings (SSSR count). The molecular weight excluding hydrogens is 769 g/mol. The topological polar surface area (TPSA) is 65.1 Å². The number of nitrogens with zero attached hydrogens (tertiary/aromatic N) is 1. The highest BCUT2D eigenvalue weighted by Gasteiger charge is 2.31. The summed E-state index contributed by atoms with van der Waals surface area (Å²) in [6.45, 7) is 8.76. The normalized spacial score (nSPS) is 17.6. The fourth-order valence-corrected chi connectivity index (χ4v) is 8.87. The van der Waals surface area contributed by atoms with Gasteiger partial charge in [-0.2, -0.15) is 0 Å². The van der Waals surface area contributed by atoms with Crippen LogP contribution in [0.25, 0.3) is 45.3 Å². The van der Waals surface area contributed by atoms with Crippen molar-refractivity contribution in [2.75, 3.05) is 18.9 Å². The van der Waals surface area contributed by atoms with Crippen LogP contribution in [0.1, 0.15) is 79.2 Å². The summed E-state index contributed by atoms with van der Waals surface area (Å²) < 4.78 is 2.42. The molecule has 3 aliphatic rings. The number of anilines is 1. The van der Waals surface area contributed by atoms with Crippen LogP contribution in [-0.2, 0) is 6.42 Å². The lowest BCUT2D eigenvalue weighted by atomic mass is 9.93. The van der Waals surface area contributed by atoms with Crippen molar-refractivity contribution in [1.82, 2.24) is 25.8 Å². The van der Waals surface area contributed by atoms with Gasteiger partial charge in [0.05, 0.1) is 29.0 Å². The van der Waals surface area contributed by atoms with Gasteiger partial charge in [0, 0.05) is 34.7 Å². The third-order valence-electron chi connectivity index (χ3n) is 11.8. The van der Waals surface area contributed by atoms with E-state index in [1.807, 2.05) is 34.7 Å². The Hall–Kier alpha value is -7.02. The first kappa shape index (κ1) is 42.7. The number of dihydropyridines is 1. The first-order chi connectivity index (χ1) is 31.2. The van der Waals surface area contributed by atoms with Gasteiger partial charge in [0.25, 0.3) is 0 Å². The minimum absolute atomic E-state index is 0.0509. The van der Waals surface area contributed by atoms with Crippen LogP contribution in [0.3, 0.4) is 0 Å². The third-order valence-corrected chi connectivity index (χ3v) is 11.8. The van der Waals surface area contributed by atoms with Gasteiger partial charge in [0.2, 0.25) is 0 Å². The van der Waals surface area contributed by atoms with E-state index >= 15 is 0 Å². The van der Waals surface area contributed by atoms with Crippen LogP contribution in [0.2, 0.25) is 0 Å². The molecule has 0 radical (unpaired) electrons. The zero-order valence-electron chi connectivity index (χ0n) is 37.2. The van der Waals surface area contributed by atoms with Crippen molar-refractivity contribution in [3.63, 3.8) is 0 Å². The van der Waals surface area contributed by atoms with Gasteiger partial charge in [-0.25, -0.2) is 0 Å². The van der Waals surface area contributed by atoms with Crippen LogP contribution in [0.4, 0.5) is 5.69 Å². The van der Waals surface area contributed by atoms with Crippen LogP contribution in [0.5, 0.6) is 0 Å². The van der Waals surface area contributed by atoms with E-state index < -0.39 is 0 Å². The van der Waals surface area contributed by atoms with E-state index in [2.05, 4.69) is 219 Å². The van der Waals surface area contributed by atoms with Crippen molar-refractivity contribution in [3.05, 3.63) is 221 Å². The maximum atomic E-state index is 3.99. The van der Waals surface area contributed by atoms with Crippen molar-refractivity contribution in [2.24, 2.45) is 0 Å². The second-order valence-electron chi connectivity index (χ2n) is 15.6. The molecule has 2 aliphatic heterocycles. The summed E-state index contributed by atoms with van der Waals surface area (Å²) >= 11 is 0. The molecule has 0 spiro atoms. The quantitative estimate of drug-likeness (QED) is 0.0950. The second-order valence-corrected chi connectivity index (χ2v) is 15.6. The minimum Gasteiger partial charge on any atom is -0.375 e. The zero-order chi connectivity index (χ0) is 43.5. The molecule has 6 heteroatoms. The molecule has 0 saturated heterocycles. The number of allylic oxidation sites excluding steroid dienone is 3. The summed E-state index contributed by atoms with van der Waals surface area (Å²) in [7, 11) is 2.01. The van der Waals surface area contributed by atoms with Gasteiger partial charge in [-0.3, -0.25) is 0 Å². The number of benzene rings is 6. The van der Waals surface area contributed by atoms with Crippen LogP contribution >= 0.6 is 0 Å². The fraction of sp³-hybridized carbons (Fsp3) is 0.193. The molecule has 63 heavy (non-hydrogen) atoms. The van der Waals surface area contributed by atoms with Gasteiger partial charge in [0.1, 0.15) is 6.17 Å². The molecule has 0 bridgehead atoms. The lowest BCUT2D eigenvalue weighted by molar-refractivity contribution is 0.446. The standard InChI is InChI=1S/C53H48N6.2C2H6/c1-54-35-48-53(55-42-19-9-4-10-20-42)58-52(40-29-31-43(32-30-40)59-49-23-13-11-21-44(49)45-22-12-14-24-50(45)59)51(57-48)39-27-25-38(26-28-39)47-34-41(36-15-5-2-6-16-36)33-46(56-47)37-17-7-3-8-18-37;2*1-2/h2-11,13-21,23-34,46,48,53-58H,12,22,35H2,1H3;2*1-2H3. The van der Waals surface area contributed by atoms with E-state index in [0.29, 0.717) is 0 Å². The molecule has 3 atom stereocenters. The Morgan fingerprint density at radius 2 is 1.21 bits per heavy atom. The molecule has 7 aromatic rings. The molecule has 3 unspecified atom stereocenters. The highest BCUT2D eigenvalue weighted by atomic mass is 15.2. The smallest absolute Gasteiger partial charge is 0.119 e. The van der Waals surface area contributed by atoms with Gasteiger partial charge in [-0.1, -0.05) is 167 Å². The number of para-hydroxylation sites is 2. The number of rotatable bonds is 10. The van der Waals surface area contributed by atoms with Crippen LogP contribution in [-0.4, -0.2) is 30.4 Å². The monoisotopic (exact) mass is 828 g/mol. The maximum absolute atomic E-state index is 3.99. The van der Waals surface area contributed by atoms with Crippen LogP contribution < -0.4 is 26.6 Å². The van der Waals surface area contributed by atoms with E-state index in [1.165, 1.54) is 38.9 Å². The summed E-state index contributed by atoms with van der Waals surface area (Å²) in [6, 6.07) is 58.7. The van der Waals surface area contributed by atoms with E-state index in [1.54, 1.807) is 0 Å². The Balaban J connectivity index is 0.00000132. The molecule has 3 heterocycles. The predicted molar refractivity (Wildman–Crippen MR) is 269 cm³/mol.